The number of amides is 2. The highest BCUT2D eigenvalue weighted by molar-refractivity contribution is 7.71. The number of nitrogens with one attached hydrogen (secondary N) is 2. The first-order chi connectivity index (χ1) is 13.5. The van der Waals surface area contributed by atoms with Gasteiger partial charge in [0, 0.05) is 44.1 Å². The fourth-order valence-electron chi connectivity index (χ4n) is 3.26. The predicted molar refractivity (Wildman–Crippen MR) is 111 cm³/mol. The summed E-state index contributed by atoms with van der Waals surface area (Å²) in [7, 11) is 0. The number of hydrogen-bond acceptors (Lipinski definition) is 4. The van der Waals surface area contributed by atoms with E-state index in [4.69, 9.17) is 12.2 Å². The monoisotopic (exact) mass is 401 g/mol. The van der Waals surface area contributed by atoms with Crippen LogP contribution in [0.3, 0.4) is 0 Å². The van der Waals surface area contributed by atoms with Crippen molar-refractivity contribution in [1.82, 2.24) is 24.7 Å². The number of H-pyrrole nitrogens is 1. The number of carbonyl (C=O) groups is 2. The van der Waals surface area contributed by atoms with E-state index in [1.807, 2.05) is 49.1 Å². The van der Waals surface area contributed by atoms with Gasteiger partial charge in [0.1, 0.15) is 5.69 Å². The lowest BCUT2D eigenvalue weighted by atomic mass is 10.2. The predicted octanol–water partition coefficient (Wildman–Crippen LogP) is 2.21. The topological polar surface area (TPSA) is 73.4 Å². The van der Waals surface area contributed by atoms with E-state index in [9.17, 15) is 9.59 Å². The van der Waals surface area contributed by atoms with Crippen LogP contribution in [0.5, 0.6) is 0 Å². The Morgan fingerprint density at radius 1 is 1.18 bits per heavy atom. The molecule has 0 saturated carbocycles. The Bertz CT molecular complexity index is 868. The first-order valence-electron chi connectivity index (χ1n) is 9.66. The molecule has 8 heteroatoms. The van der Waals surface area contributed by atoms with Gasteiger partial charge in [-0.05, 0) is 37.7 Å². The molecule has 2 aromatic rings. The number of carbonyl (C=O) groups excluding carboxylic acids is 2. The van der Waals surface area contributed by atoms with Gasteiger partial charge in [0.05, 0.1) is 6.54 Å². The van der Waals surface area contributed by atoms with Crippen molar-refractivity contribution in [1.29, 1.82) is 0 Å². The summed E-state index contributed by atoms with van der Waals surface area (Å²) < 4.78 is 2.26. The molecule has 1 aliphatic heterocycles. The first-order valence-corrected chi connectivity index (χ1v) is 10.1. The summed E-state index contributed by atoms with van der Waals surface area (Å²) in [4.78, 5) is 32.0. The molecule has 0 bridgehead atoms. The van der Waals surface area contributed by atoms with Crippen LogP contribution in [0.1, 0.15) is 30.8 Å². The molecular weight excluding hydrogens is 374 g/mol. The second-order valence-electron chi connectivity index (χ2n) is 7.10. The zero-order valence-corrected chi connectivity index (χ0v) is 17.2. The van der Waals surface area contributed by atoms with Crippen LogP contribution < -0.4 is 5.32 Å². The average Bonchev–Trinajstić information content (AvgIpc) is 3.10. The quantitative estimate of drug-likeness (QED) is 0.728. The van der Waals surface area contributed by atoms with E-state index >= 15 is 0 Å². The molecule has 28 heavy (non-hydrogen) atoms. The third kappa shape index (κ3) is 4.69. The largest absolute Gasteiger partial charge is 0.353 e. The molecule has 0 aliphatic carbocycles. The third-order valence-corrected chi connectivity index (χ3v) is 5.36. The van der Waals surface area contributed by atoms with E-state index in [0.29, 0.717) is 43.2 Å². The number of nitrogens with zero attached hydrogens (tertiary/aromatic N) is 3. The lowest BCUT2D eigenvalue weighted by molar-refractivity contribution is -0.123. The highest BCUT2D eigenvalue weighted by Gasteiger charge is 2.26. The number of imidazole rings is 1. The second kappa shape index (κ2) is 9.16. The maximum atomic E-state index is 13.1. The van der Waals surface area contributed by atoms with E-state index in [1.54, 1.807) is 10.8 Å². The van der Waals surface area contributed by atoms with Gasteiger partial charge in [-0.1, -0.05) is 25.1 Å². The molecule has 1 aromatic heterocycles. The van der Waals surface area contributed by atoms with Crippen LogP contribution in [-0.2, 0) is 4.79 Å². The number of aromatic nitrogens is 2. The van der Waals surface area contributed by atoms with Gasteiger partial charge in [0.15, 0.2) is 4.77 Å². The molecule has 0 radical (unpaired) electrons. The summed E-state index contributed by atoms with van der Waals surface area (Å²) in [6.45, 7) is 6.95. The summed E-state index contributed by atoms with van der Waals surface area (Å²) in [6.07, 6.45) is 2.58. The van der Waals surface area contributed by atoms with Gasteiger partial charge in [0.25, 0.3) is 5.91 Å². The minimum atomic E-state index is -0.0556. The van der Waals surface area contributed by atoms with Crippen molar-refractivity contribution in [2.24, 2.45) is 0 Å². The number of piperazine rings is 1. The lowest BCUT2D eigenvalue weighted by Crippen LogP contribution is -2.51. The summed E-state index contributed by atoms with van der Waals surface area (Å²) >= 11 is 5.37. The van der Waals surface area contributed by atoms with Crippen molar-refractivity contribution in [3.05, 3.63) is 47.0 Å². The maximum absolute atomic E-state index is 13.1. The molecule has 3 rings (SSSR count). The highest BCUT2D eigenvalue weighted by Crippen LogP contribution is 2.15. The highest BCUT2D eigenvalue weighted by atomic mass is 32.1. The van der Waals surface area contributed by atoms with Gasteiger partial charge < -0.3 is 15.2 Å². The molecule has 1 atom stereocenters. The standard InChI is InChI=1S/C20H27N5O2S/c1-3-15(2)22-18(26)14-23-9-11-24(12-10-23)19(27)17-13-21-20(28)25(17)16-7-5-4-6-8-16/h4-8,13,15H,3,9-12,14H2,1-2H3,(H,21,28)(H,22,26). The Balaban J connectivity index is 1.62. The van der Waals surface area contributed by atoms with Crippen LogP contribution in [0.25, 0.3) is 5.69 Å². The summed E-state index contributed by atoms with van der Waals surface area (Å²) in [5, 5.41) is 2.98. The molecule has 1 aromatic carbocycles. The van der Waals surface area contributed by atoms with Crippen molar-refractivity contribution in [3.63, 3.8) is 0 Å². The fourth-order valence-corrected chi connectivity index (χ4v) is 3.52. The number of aromatic amines is 1. The Kier molecular flexibility index (Phi) is 6.64. The molecule has 1 saturated heterocycles. The van der Waals surface area contributed by atoms with Gasteiger partial charge >= 0.3 is 0 Å². The van der Waals surface area contributed by atoms with Crippen molar-refractivity contribution in [2.75, 3.05) is 32.7 Å². The van der Waals surface area contributed by atoms with Crippen LogP contribution in [-0.4, -0.2) is 69.9 Å². The molecule has 1 fully saturated rings. The Labute approximate surface area is 170 Å². The number of para-hydroxylation sites is 1. The molecule has 2 heterocycles. The van der Waals surface area contributed by atoms with Crippen LogP contribution in [0.4, 0.5) is 0 Å². The van der Waals surface area contributed by atoms with Gasteiger partial charge in [-0.25, -0.2) is 0 Å². The van der Waals surface area contributed by atoms with E-state index in [-0.39, 0.29) is 17.9 Å². The zero-order chi connectivity index (χ0) is 20.1. The molecule has 1 aliphatic rings. The van der Waals surface area contributed by atoms with Crippen LogP contribution in [0, 0.1) is 4.77 Å². The molecule has 2 N–H and O–H groups in total. The van der Waals surface area contributed by atoms with Gasteiger partial charge in [-0.2, -0.15) is 0 Å². The van der Waals surface area contributed by atoms with Gasteiger partial charge in [-0.3, -0.25) is 19.1 Å². The lowest BCUT2D eigenvalue weighted by Gasteiger charge is -2.34. The van der Waals surface area contributed by atoms with Crippen molar-refractivity contribution < 1.29 is 9.59 Å². The summed E-state index contributed by atoms with van der Waals surface area (Å²) in [6, 6.07) is 9.80. The Morgan fingerprint density at radius 2 is 1.86 bits per heavy atom. The van der Waals surface area contributed by atoms with Gasteiger partial charge in [0.2, 0.25) is 5.91 Å². The molecule has 7 nitrogen and oxygen atoms in total. The Hall–Kier alpha value is -2.45. The second-order valence-corrected chi connectivity index (χ2v) is 7.48. The van der Waals surface area contributed by atoms with Crippen molar-refractivity contribution in [3.8, 4) is 5.69 Å². The van der Waals surface area contributed by atoms with E-state index < -0.39 is 0 Å². The molecule has 150 valence electrons. The molecular formula is C20H27N5O2S. The number of hydrogen-bond donors (Lipinski definition) is 2. The van der Waals surface area contributed by atoms with E-state index in [1.165, 1.54) is 0 Å². The molecule has 0 spiro atoms. The minimum Gasteiger partial charge on any atom is -0.353 e. The molecule has 2 amide bonds. The summed E-state index contributed by atoms with van der Waals surface area (Å²) in [5.74, 6) is -0.0164. The maximum Gasteiger partial charge on any atom is 0.272 e. The normalized spacial score (nSPS) is 16.0. The summed E-state index contributed by atoms with van der Waals surface area (Å²) in [5.41, 5.74) is 1.39. The smallest absolute Gasteiger partial charge is 0.272 e. The molecule has 1 unspecified atom stereocenters. The van der Waals surface area contributed by atoms with Crippen LogP contribution in [0.2, 0.25) is 0 Å². The fraction of sp³-hybridized carbons (Fsp3) is 0.450. The minimum absolute atomic E-state index is 0.0393. The van der Waals surface area contributed by atoms with Crippen LogP contribution in [0.15, 0.2) is 36.5 Å². The Morgan fingerprint density at radius 3 is 2.50 bits per heavy atom. The van der Waals surface area contributed by atoms with Gasteiger partial charge in [-0.15, -0.1) is 0 Å². The average molecular weight is 402 g/mol. The van der Waals surface area contributed by atoms with Crippen molar-refractivity contribution >= 4 is 24.0 Å². The number of benzene rings is 1. The van der Waals surface area contributed by atoms with Crippen molar-refractivity contribution in [2.45, 2.75) is 26.3 Å². The SMILES string of the molecule is CCC(C)NC(=O)CN1CCN(C(=O)c2c[nH]c(=S)n2-c2ccccc2)CC1. The van der Waals surface area contributed by atoms with E-state index in [2.05, 4.69) is 15.2 Å². The zero-order valence-electron chi connectivity index (χ0n) is 16.4. The third-order valence-electron chi connectivity index (χ3n) is 5.06. The van der Waals surface area contributed by atoms with Crippen LogP contribution >= 0.6 is 12.2 Å². The first kappa shape index (κ1) is 20.3. The van der Waals surface area contributed by atoms with E-state index in [0.717, 1.165) is 12.1 Å². The number of rotatable bonds is 6.